The minimum absolute atomic E-state index is 0.158. The molecule has 3 heteroatoms. The molecule has 1 amide bonds. The van der Waals surface area contributed by atoms with Gasteiger partial charge in [-0.2, -0.15) is 0 Å². The van der Waals surface area contributed by atoms with Crippen molar-refractivity contribution in [3.05, 3.63) is 66.7 Å². The van der Waals surface area contributed by atoms with Gasteiger partial charge in [-0.15, -0.1) is 0 Å². The van der Waals surface area contributed by atoms with Gasteiger partial charge in [-0.05, 0) is 43.3 Å². The van der Waals surface area contributed by atoms with Gasteiger partial charge in [-0.1, -0.05) is 24.8 Å². The van der Waals surface area contributed by atoms with Crippen LogP contribution in [0.1, 0.15) is 6.92 Å². The van der Waals surface area contributed by atoms with Gasteiger partial charge in [-0.25, -0.2) is 0 Å². The SMILES string of the molecule is C=C(C)C(=O)Nc1ccc(N(C)c2ccccc2)cc1. The molecule has 0 atom stereocenters. The van der Waals surface area contributed by atoms with Crippen LogP contribution in [0.4, 0.5) is 17.1 Å². The first kappa shape index (κ1) is 13.9. The lowest BCUT2D eigenvalue weighted by Gasteiger charge is -2.19. The van der Waals surface area contributed by atoms with Crippen LogP contribution >= 0.6 is 0 Å². The van der Waals surface area contributed by atoms with Crippen molar-refractivity contribution in [2.24, 2.45) is 0 Å². The summed E-state index contributed by atoms with van der Waals surface area (Å²) in [5.41, 5.74) is 3.44. The summed E-state index contributed by atoms with van der Waals surface area (Å²) in [6.07, 6.45) is 0. The summed E-state index contributed by atoms with van der Waals surface area (Å²) < 4.78 is 0. The number of benzene rings is 2. The van der Waals surface area contributed by atoms with Gasteiger partial charge in [0.1, 0.15) is 0 Å². The molecule has 0 aliphatic rings. The number of carbonyl (C=O) groups excluding carboxylic acids is 1. The summed E-state index contributed by atoms with van der Waals surface area (Å²) >= 11 is 0. The molecular weight excluding hydrogens is 248 g/mol. The van der Waals surface area contributed by atoms with Crippen LogP contribution in [0.5, 0.6) is 0 Å². The number of nitrogens with one attached hydrogen (secondary N) is 1. The molecule has 0 unspecified atom stereocenters. The number of hydrogen-bond acceptors (Lipinski definition) is 2. The van der Waals surface area contributed by atoms with Crippen LogP contribution in [0.25, 0.3) is 0 Å². The van der Waals surface area contributed by atoms with Crippen molar-refractivity contribution in [1.82, 2.24) is 0 Å². The highest BCUT2D eigenvalue weighted by atomic mass is 16.1. The van der Waals surface area contributed by atoms with Crippen molar-refractivity contribution in [2.75, 3.05) is 17.3 Å². The number of nitrogens with zero attached hydrogens (tertiary/aromatic N) is 1. The Morgan fingerprint density at radius 1 is 1.00 bits per heavy atom. The molecule has 0 aromatic heterocycles. The number of amides is 1. The molecule has 0 bridgehead atoms. The topological polar surface area (TPSA) is 32.3 Å². The number of rotatable bonds is 4. The first-order valence-corrected chi connectivity index (χ1v) is 6.43. The van der Waals surface area contributed by atoms with E-state index in [0.717, 1.165) is 17.1 Å². The number of carbonyl (C=O) groups is 1. The molecule has 0 saturated heterocycles. The van der Waals surface area contributed by atoms with E-state index in [1.807, 2.05) is 49.5 Å². The van der Waals surface area contributed by atoms with Crippen LogP contribution in [0.2, 0.25) is 0 Å². The van der Waals surface area contributed by atoms with Gasteiger partial charge in [0.05, 0.1) is 0 Å². The number of anilines is 3. The summed E-state index contributed by atoms with van der Waals surface area (Å²) in [4.78, 5) is 13.6. The van der Waals surface area contributed by atoms with Crippen LogP contribution in [0.3, 0.4) is 0 Å². The molecule has 20 heavy (non-hydrogen) atoms. The molecule has 3 nitrogen and oxygen atoms in total. The van der Waals surface area contributed by atoms with E-state index in [-0.39, 0.29) is 5.91 Å². The first-order valence-electron chi connectivity index (χ1n) is 6.43. The second-order valence-corrected chi connectivity index (χ2v) is 4.68. The molecule has 0 aliphatic carbocycles. The van der Waals surface area contributed by atoms with E-state index >= 15 is 0 Å². The summed E-state index contributed by atoms with van der Waals surface area (Å²) in [5.74, 6) is -0.158. The molecule has 1 N–H and O–H groups in total. The largest absolute Gasteiger partial charge is 0.345 e. The van der Waals surface area contributed by atoms with E-state index in [4.69, 9.17) is 0 Å². The summed E-state index contributed by atoms with van der Waals surface area (Å²) in [7, 11) is 2.01. The fraction of sp³-hybridized carbons (Fsp3) is 0.118. The predicted molar refractivity (Wildman–Crippen MR) is 84.4 cm³/mol. The molecule has 0 fully saturated rings. The van der Waals surface area contributed by atoms with E-state index in [9.17, 15) is 4.79 Å². The Hall–Kier alpha value is -2.55. The highest BCUT2D eigenvalue weighted by Crippen LogP contribution is 2.24. The Morgan fingerprint density at radius 3 is 2.10 bits per heavy atom. The molecular formula is C17H18N2O. The molecule has 102 valence electrons. The first-order chi connectivity index (χ1) is 9.58. The smallest absolute Gasteiger partial charge is 0.250 e. The molecule has 0 spiro atoms. The van der Waals surface area contributed by atoms with Gasteiger partial charge >= 0.3 is 0 Å². The molecule has 2 rings (SSSR count). The second kappa shape index (κ2) is 6.06. The quantitative estimate of drug-likeness (QED) is 0.849. The number of para-hydroxylation sites is 1. The fourth-order valence-electron chi connectivity index (χ4n) is 1.81. The second-order valence-electron chi connectivity index (χ2n) is 4.68. The molecule has 0 heterocycles. The van der Waals surface area contributed by atoms with E-state index in [1.165, 1.54) is 0 Å². The predicted octanol–water partition coefficient (Wildman–Crippen LogP) is 3.97. The van der Waals surface area contributed by atoms with Crippen molar-refractivity contribution in [1.29, 1.82) is 0 Å². The molecule has 2 aromatic carbocycles. The molecule has 0 saturated carbocycles. The van der Waals surface area contributed by atoms with Crippen molar-refractivity contribution in [3.8, 4) is 0 Å². The summed E-state index contributed by atoms with van der Waals surface area (Å²) in [5, 5.41) is 2.79. The van der Waals surface area contributed by atoms with Crippen LogP contribution in [0, 0.1) is 0 Å². The number of hydrogen-bond donors (Lipinski definition) is 1. The lowest BCUT2D eigenvalue weighted by atomic mass is 10.2. The van der Waals surface area contributed by atoms with Crippen molar-refractivity contribution >= 4 is 23.0 Å². The Kier molecular flexibility index (Phi) is 4.20. The molecule has 0 radical (unpaired) electrons. The summed E-state index contributed by atoms with van der Waals surface area (Å²) in [6, 6.07) is 17.8. The van der Waals surface area contributed by atoms with Crippen molar-refractivity contribution in [3.63, 3.8) is 0 Å². The zero-order chi connectivity index (χ0) is 14.5. The van der Waals surface area contributed by atoms with Crippen LogP contribution in [-0.4, -0.2) is 13.0 Å². The zero-order valence-electron chi connectivity index (χ0n) is 11.8. The Morgan fingerprint density at radius 2 is 1.55 bits per heavy atom. The van der Waals surface area contributed by atoms with Crippen LogP contribution < -0.4 is 10.2 Å². The van der Waals surface area contributed by atoms with E-state index in [0.29, 0.717) is 5.57 Å². The van der Waals surface area contributed by atoms with Gasteiger partial charge in [0, 0.05) is 29.7 Å². The maximum absolute atomic E-state index is 11.5. The van der Waals surface area contributed by atoms with E-state index < -0.39 is 0 Å². The van der Waals surface area contributed by atoms with Crippen LogP contribution in [0.15, 0.2) is 66.7 Å². The lowest BCUT2D eigenvalue weighted by molar-refractivity contribution is -0.112. The fourth-order valence-corrected chi connectivity index (χ4v) is 1.81. The van der Waals surface area contributed by atoms with Gasteiger partial charge in [0.15, 0.2) is 0 Å². The van der Waals surface area contributed by atoms with Crippen molar-refractivity contribution in [2.45, 2.75) is 6.92 Å². The Bertz CT molecular complexity index is 603. The normalized spacial score (nSPS) is 9.90. The monoisotopic (exact) mass is 266 g/mol. The maximum atomic E-state index is 11.5. The standard InChI is InChI=1S/C17H18N2O/c1-13(2)17(20)18-14-9-11-16(12-10-14)19(3)15-7-5-4-6-8-15/h4-12H,1H2,2-3H3,(H,18,20). The average Bonchev–Trinajstić information content (AvgIpc) is 2.48. The van der Waals surface area contributed by atoms with Crippen molar-refractivity contribution < 1.29 is 4.79 Å². The summed E-state index contributed by atoms with van der Waals surface area (Å²) in [6.45, 7) is 5.30. The third-order valence-electron chi connectivity index (χ3n) is 3.04. The third kappa shape index (κ3) is 3.26. The van der Waals surface area contributed by atoms with Gasteiger partial charge in [0.2, 0.25) is 0 Å². The van der Waals surface area contributed by atoms with Gasteiger partial charge < -0.3 is 10.2 Å². The lowest BCUT2D eigenvalue weighted by Crippen LogP contribution is -2.12. The highest BCUT2D eigenvalue weighted by molar-refractivity contribution is 6.02. The van der Waals surface area contributed by atoms with E-state index in [2.05, 4.69) is 28.9 Å². The molecule has 2 aromatic rings. The van der Waals surface area contributed by atoms with Gasteiger partial charge in [0.25, 0.3) is 5.91 Å². The average molecular weight is 266 g/mol. The molecule has 0 aliphatic heterocycles. The maximum Gasteiger partial charge on any atom is 0.250 e. The Labute approximate surface area is 119 Å². The van der Waals surface area contributed by atoms with E-state index in [1.54, 1.807) is 6.92 Å². The minimum atomic E-state index is -0.158. The third-order valence-corrected chi connectivity index (χ3v) is 3.04. The van der Waals surface area contributed by atoms with Crippen LogP contribution in [-0.2, 0) is 4.79 Å². The van der Waals surface area contributed by atoms with Gasteiger partial charge in [-0.3, -0.25) is 4.79 Å². The minimum Gasteiger partial charge on any atom is -0.345 e. The Balaban J connectivity index is 2.12. The zero-order valence-corrected chi connectivity index (χ0v) is 11.8. The highest BCUT2D eigenvalue weighted by Gasteiger charge is 2.05.